The van der Waals surface area contributed by atoms with Crippen LogP contribution in [0.2, 0.25) is 0 Å². The molecular formula is C7H10O3. The third-order valence-corrected chi connectivity index (χ3v) is 1.56. The van der Waals surface area contributed by atoms with E-state index in [1.54, 1.807) is 0 Å². The Morgan fingerprint density at radius 1 is 1.80 bits per heavy atom. The summed E-state index contributed by atoms with van der Waals surface area (Å²) in [5.41, 5.74) is 0. The Bertz CT molecular complexity index is 172. The van der Waals surface area contributed by atoms with Gasteiger partial charge in [-0.3, -0.25) is 4.79 Å². The zero-order valence-corrected chi connectivity index (χ0v) is 5.83. The summed E-state index contributed by atoms with van der Waals surface area (Å²) in [5, 5.41) is 8.94. The maximum atomic E-state index is 10.8. The van der Waals surface area contributed by atoms with Crippen LogP contribution in [0.25, 0.3) is 0 Å². The zero-order valence-electron chi connectivity index (χ0n) is 5.83. The molecule has 1 aliphatic carbocycles. The number of aliphatic hydroxyl groups is 1. The molecule has 0 spiro atoms. The van der Waals surface area contributed by atoms with Gasteiger partial charge in [-0.05, 0) is 6.42 Å². The van der Waals surface area contributed by atoms with Crippen LogP contribution in [0.4, 0.5) is 0 Å². The summed E-state index contributed by atoms with van der Waals surface area (Å²) in [4.78, 5) is 10.8. The van der Waals surface area contributed by atoms with Crippen molar-refractivity contribution in [3.8, 4) is 0 Å². The largest absolute Gasteiger partial charge is 0.501 e. The summed E-state index contributed by atoms with van der Waals surface area (Å²) >= 11 is 0. The van der Waals surface area contributed by atoms with E-state index in [-0.39, 0.29) is 5.78 Å². The Hall–Kier alpha value is -0.830. The van der Waals surface area contributed by atoms with E-state index < -0.39 is 6.10 Å². The van der Waals surface area contributed by atoms with Gasteiger partial charge >= 0.3 is 0 Å². The summed E-state index contributed by atoms with van der Waals surface area (Å²) in [6.45, 7) is 0. The number of carbonyl (C=O) groups excluding carboxylic acids is 1. The molecule has 1 aliphatic rings. The van der Waals surface area contributed by atoms with E-state index in [0.29, 0.717) is 18.6 Å². The second-order valence-corrected chi connectivity index (χ2v) is 2.27. The first-order chi connectivity index (χ1) is 4.74. The van der Waals surface area contributed by atoms with E-state index in [9.17, 15) is 4.79 Å². The van der Waals surface area contributed by atoms with Crippen molar-refractivity contribution in [1.82, 2.24) is 0 Å². The molecule has 0 fully saturated rings. The Balaban J connectivity index is 2.66. The number of ether oxygens (including phenoxy) is 1. The minimum atomic E-state index is -0.807. The minimum Gasteiger partial charge on any atom is -0.501 e. The molecular weight excluding hydrogens is 132 g/mol. The fourth-order valence-corrected chi connectivity index (χ4v) is 0.909. The van der Waals surface area contributed by atoms with Gasteiger partial charge in [-0.25, -0.2) is 0 Å². The molecule has 1 unspecified atom stereocenters. The topological polar surface area (TPSA) is 46.5 Å². The molecule has 0 saturated carbocycles. The average molecular weight is 142 g/mol. The van der Waals surface area contributed by atoms with E-state index in [2.05, 4.69) is 0 Å². The monoisotopic (exact) mass is 142 g/mol. The van der Waals surface area contributed by atoms with Gasteiger partial charge in [-0.2, -0.15) is 0 Å². The SMILES string of the molecule is COC1=CC(=O)C(O)CC1. The molecule has 0 bridgehead atoms. The maximum Gasteiger partial charge on any atom is 0.187 e. The van der Waals surface area contributed by atoms with Crippen molar-refractivity contribution in [2.45, 2.75) is 18.9 Å². The summed E-state index contributed by atoms with van der Waals surface area (Å²) in [6, 6.07) is 0. The van der Waals surface area contributed by atoms with Gasteiger partial charge in [0.1, 0.15) is 6.10 Å². The third kappa shape index (κ3) is 1.36. The molecule has 0 aromatic rings. The van der Waals surface area contributed by atoms with E-state index >= 15 is 0 Å². The number of rotatable bonds is 1. The van der Waals surface area contributed by atoms with Crippen LogP contribution >= 0.6 is 0 Å². The molecule has 0 heterocycles. The number of hydrogen-bond donors (Lipinski definition) is 1. The number of hydrogen-bond acceptors (Lipinski definition) is 3. The van der Waals surface area contributed by atoms with Crippen molar-refractivity contribution in [1.29, 1.82) is 0 Å². The third-order valence-electron chi connectivity index (χ3n) is 1.56. The van der Waals surface area contributed by atoms with Gasteiger partial charge in [-0.1, -0.05) is 0 Å². The molecule has 3 nitrogen and oxygen atoms in total. The number of allylic oxidation sites excluding steroid dienone is 1. The molecule has 10 heavy (non-hydrogen) atoms. The molecule has 0 aromatic heterocycles. The van der Waals surface area contributed by atoms with Crippen molar-refractivity contribution in [2.75, 3.05) is 7.11 Å². The molecule has 56 valence electrons. The van der Waals surface area contributed by atoms with Gasteiger partial charge in [0, 0.05) is 12.5 Å². The van der Waals surface area contributed by atoms with E-state index in [1.165, 1.54) is 13.2 Å². The van der Waals surface area contributed by atoms with Gasteiger partial charge in [0.05, 0.1) is 12.9 Å². The van der Waals surface area contributed by atoms with E-state index in [0.717, 1.165) is 0 Å². The van der Waals surface area contributed by atoms with Gasteiger partial charge in [0.15, 0.2) is 5.78 Å². The van der Waals surface area contributed by atoms with Crippen molar-refractivity contribution in [2.24, 2.45) is 0 Å². The fraction of sp³-hybridized carbons (Fsp3) is 0.571. The summed E-state index contributed by atoms with van der Waals surface area (Å²) < 4.78 is 4.84. The van der Waals surface area contributed by atoms with Crippen LogP contribution in [0.3, 0.4) is 0 Å². The van der Waals surface area contributed by atoms with E-state index in [1.807, 2.05) is 0 Å². The molecule has 0 saturated heterocycles. The molecule has 1 atom stereocenters. The average Bonchev–Trinajstić information content (AvgIpc) is 1.95. The summed E-state index contributed by atoms with van der Waals surface area (Å²) in [6.07, 6.45) is 1.69. The standard InChI is InChI=1S/C7H10O3/c1-10-5-2-3-6(8)7(9)4-5/h4,6,8H,2-3H2,1H3. The molecule has 1 rings (SSSR count). The van der Waals surface area contributed by atoms with Gasteiger partial charge in [0.25, 0.3) is 0 Å². The summed E-state index contributed by atoms with van der Waals surface area (Å²) in [7, 11) is 1.52. The number of ketones is 1. The highest BCUT2D eigenvalue weighted by Gasteiger charge is 2.19. The van der Waals surface area contributed by atoms with Crippen LogP contribution in [0.5, 0.6) is 0 Å². The number of carbonyl (C=O) groups is 1. The first kappa shape index (κ1) is 7.28. The molecule has 1 N–H and O–H groups in total. The van der Waals surface area contributed by atoms with Gasteiger partial charge < -0.3 is 9.84 Å². The molecule has 0 amide bonds. The van der Waals surface area contributed by atoms with E-state index in [4.69, 9.17) is 9.84 Å². The Kier molecular flexibility index (Phi) is 2.06. The lowest BCUT2D eigenvalue weighted by atomic mass is 10.0. The normalized spacial score (nSPS) is 26.0. The van der Waals surface area contributed by atoms with Crippen molar-refractivity contribution in [3.63, 3.8) is 0 Å². The molecule has 0 aliphatic heterocycles. The number of methoxy groups -OCH3 is 1. The van der Waals surface area contributed by atoms with Crippen LogP contribution in [0, 0.1) is 0 Å². The fourth-order valence-electron chi connectivity index (χ4n) is 0.909. The first-order valence-corrected chi connectivity index (χ1v) is 3.20. The second kappa shape index (κ2) is 2.84. The Morgan fingerprint density at radius 2 is 2.50 bits per heavy atom. The van der Waals surface area contributed by atoms with Crippen molar-refractivity contribution < 1.29 is 14.6 Å². The van der Waals surface area contributed by atoms with Crippen LogP contribution < -0.4 is 0 Å². The lowest BCUT2D eigenvalue weighted by Gasteiger charge is -2.14. The Morgan fingerprint density at radius 3 is 3.00 bits per heavy atom. The zero-order chi connectivity index (χ0) is 7.56. The smallest absolute Gasteiger partial charge is 0.187 e. The first-order valence-electron chi connectivity index (χ1n) is 3.20. The minimum absolute atomic E-state index is 0.247. The number of aliphatic hydroxyl groups excluding tert-OH is 1. The lowest BCUT2D eigenvalue weighted by molar-refractivity contribution is -0.123. The molecule has 0 radical (unpaired) electrons. The quantitative estimate of drug-likeness (QED) is 0.570. The van der Waals surface area contributed by atoms with Crippen LogP contribution in [-0.2, 0) is 9.53 Å². The van der Waals surface area contributed by atoms with Crippen LogP contribution in [0.15, 0.2) is 11.8 Å². The van der Waals surface area contributed by atoms with Crippen molar-refractivity contribution >= 4 is 5.78 Å². The highest BCUT2D eigenvalue weighted by Crippen LogP contribution is 2.15. The lowest BCUT2D eigenvalue weighted by Crippen LogP contribution is -2.22. The van der Waals surface area contributed by atoms with Crippen LogP contribution in [-0.4, -0.2) is 24.1 Å². The van der Waals surface area contributed by atoms with Crippen molar-refractivity contribution in [3.05, 3.63) is 11.8 Å². The maximum absolute atomic E-state index is 10.8. The summed E-state index contributed by atoms with van der Waals surface area (Å²) in [5.74, 6) is 0.415. The second-order valence-electron chi connectivity index (χ2n) is 2.27. The van der Waals surface area contributed by atoms with Gasteiger partial charge in [-0.15, -0.1) is 0 Å². The highest BCUT2D eigenvalue weighted by atomic mass is 16.5. The van der Waals surface area contributed by atoms with Gasteiger partial charge in [0.2, 0.25) is 0 Å². The van der Waals surface area contributed by atoms with Crippen LogP contribution in [0.1, 0.15) is 12.8 Å². The Labute approximate surface area is 59.3 Å². The highest BCUT2D eigenvalue weighted by molar-refractivity contribution is 5.94. The molecule has 0 aromatic carbocycles. The predicted octanol–water partition coefficient (Wildman–Crippen LogP) is 0.240. The predicted molar refractivity (Wildman–Crippen MR) is 35.3 cm³/mol. The molecule has 3 heteroatoms.